The van der Waals surface area contributed by atoms with Gasteiger partial charge in [-0.3, -0.25) is 10.1 Å². The summed E-state index contributed by atoms with van der Waals surface area (Å²) in [5.41, 5.74) is 0.528. The SMILES string of the molecule is Cc1cnc(Sc2ccc(C(=O)O)o2)c([N+](=O)[O-])c1. The quantitative estimate of drug-likeness (QED) is 0.677. The number of aryl methyl sites for hydroxylation is 1. The number of hydrogen-bond acceptors (Lipinski definition) is 6. The second kappa shape index (κ2) is 5.11. The molecule has 19 heavy (non-hydrogen) atoms. The van der Waals surface area contributed by atoms with Crippen molar-refractivity contribution in [1.82, 2.24) is 4.98 Å². The Morgan fingerprint density at radius 2 is 2.26 bits per heavy atom. The van der Waals surface area contributed by atoms with Gasteiger partial charge in [-0.2, -0.15) is 0 Å². The minimum atomic E-state index is -1.20. The van der Waals surface area contributed by atoms with Crippen LogP contribution in [0, 0.1) is 17.0 Å². The monoisotopic (exact) mass is 280 g/mol. The second-order valence-corrected chi connectivity index (χ2v) is 4.61. The van der Waals surface area contributed by atoms with Crippen molar-refractivity contribution in [3.05, 3.63) is 45.8 Å². The Hall–Kier alpha value is -2.35. The van der Waals surface area contributed by atoms with Gasteiger partial charge in [-0.05, 0) is 36.4 Å². The van der Waals surface area contributed by atoms with Crippen LogP contribution in [0.4, 0.5) is 5.69 Å². The highest BCUT2D eigenvalue weighted by molar-refractivity contribution is 7.99. The second-order valence-electron chi connectivity index (χ2n) is 3.62. The molecule has 2 aromatic heterocycles. The van der Waals surface area contributed by atoms with Gasteiger partial charge in [0, 0.05) is 12.3 Å². The molecule has 0 saturated heterocycles. The Kier molecular flexibility index (Phi) is 3.52. The third-order valence-corrected chi connectivity index (χ3v) is 3.08. The molecular weight excluding hydrogens is 272 g/mol. The van der Waals surface area contributed by atoms with E-state index in [4.69, 9.17) is 9.52 Å². The minimum Gasteiger partial charge on any atom is -0.475 e. The van der Waals surface area contributed by atoms with Gasteiger partial charge in [-0.1, -0.05) is 0 Å². The van der Waals surface area contributed by atoms with Crippen molar-refractivity contribution < 1.29 is 19.2 Å². The molecule has 0 atom stereocenters. The maximum absolute atomic E-state index is 10.9. The average Bonchev–Trinajstić information content (AvgIpc) is 2.80. The summed E-state index contributed by atoms with van der Waals surface area (Å²) in [5, 5.41) is 20.0. The fourth-order valence-electron chi connectivity index (χ4n) is 1.34. The summed E-state index contributed by atoms with van der Waals surface area (Å²) in [5.74, 6) is -1.42. The van der Waals surface area contributed by atoms with Gasteiger partial charge in [-0.25, -0.2) is 9.78 Å². The number of carboxylic acids is 1. The van der Waals surface area contributed by atoms with Gasteiger partial charge in [-0.15, -0.1) is 0 Å². The number of furan rings is 1. The number of rotatable bonds is 4. The van der Waals surface area contributed by atoms with Crippen LogP contribution in [0.5, 0.6) is 0 Å². The topological polar surface area (TPSA) is 106 Å². The van der Waals surface area contributed by atoms with Gasteiger partial charge in [0.25, 0.3) is 0 Å². The van der Waals surface area contributed by atoms with E-state index < -0.39 is 10.9 Å². The van der Waals surface area contributed by atoms with Crippen LogP contribution in [-0.2, 0) is 0 Å². The van der Waals surface area contributed by atoms with Crippen molar-refractivity contribution in [3.8, 4) is 0 Å². The summed E-state index contributed by atoms with van der Waals surface area (Å²) in [7, 11) is 0. The first-order chi connectivity index (χ1) is 8.97. The number of carboxylic acid groups (broad SMARTS) is 1. The summed E-state index contributed by atoms with van der Waals surface area (Å²) in [6, 6.07) is 4.11. The Balaban J connectivity index is 2.32. The number of hydrogen-bond donors (Lipinski definition) is 1. The molecule has 0 fully saturated rings. The molecule has 98 valence electrons. The molecule has 0 spiro atoms. The van der Waals surface area contributed by atoms with E-state index in [1.54, 1.807) is 6.92 Å². The van der Waals surface area contributed by atoms with Gasteiger partial charge in [0.05, 0.1) is 4.92 Å². The molecule has 2 heterocycles. The van der Waals surface area contributed by atoms with Crippen LogP contribution in [-0.4, -0.2) is 21.0 Å². The molecule has 0 aliphatic carbocycles. The summed E-state index contributed by atoms with van der Waals surface area (Å²) in [6.45, 7) is 1.70. The zero-order valence-electron chi connectivity index (χ0n) is 9.69. The molecule has 8 heteroatoms. The maximum Gasteiger partial charge on any atom is 0.371 e. The predicted octanol–water partition coefficient (Wildman–Crippen LogP) is 2.74. The molecule has 0 aliphatic rings. The van der Waals surface area contributed by atoms with Crippen molar-refractivity contribution in [2.24, 2.45) is 0 Å². The lowest BCUT2D eigenvalue weighted by Gasteiger charge is -2.00. The van der Waals surface area contributed by atoms with E-state index in [9.17, 15) is 14.9 Å². The lowest BCUT2D eigenvalue weighted by Crippen LogP contribution is -1.94. The zero-order chi connectivity index (χ0) is 14.0. The van der Waals surface area contributed by atoms with E-state index in [-0.39, 0.29) is 21.6 Å². The number of nitrogens with zero attached hydrogens (tertiary/aromatic N) is 2. The van der Waals surface area contributed by atoms with Gasteiger partial charge < -0.3 is 9.52 Å². The summed E-state index contributed by atoms with van der Waals surface area (Å²) in [6.07, 6.45) is 1.50. The molecule has 2 aromatic rings. The number of aromatic nitrogens is 1. The molecule has 0 bridgehead atoms. The van der Waals surface area contributed by atoms with E-state index in [0.717, 1.165) is 11.8 Å². The van der Waals surface area contributed by atoms with Crippen molar-refractivity contribution in [2.45, 2.75) is 17.0 Å². The molecule has 0 unspecified atom stereocenters. The Labute approximate surface area is 111 Å². The maximum atomic E-state index is 10.9. The molecule has 1 N–H and O–H groups in total. The van der Waals surface area contributed by atoms with Gasteiger partial charge >= 0.3 is 11.7 Å². The number of nitro groups is 1. The Morgan fingerprint density at radius 1 is 1.53 bits per heavy atom. The molecule has 0 radical (unpaired) electrons. The van der Waals surface area contributed by atoms with Crippen LogP contribution >= 0.6 is 11.8 Å². The fourth-order valence-corrected chi connectivity index (χ4v) is 2.14. The summed E-state index contributed by atoms with van der Waals surface area (Å²) in [4.78, 5) is 25.0. The van der Waals surface area contributed by atoms with Crippen molar-refractivity contribution in [1.29, 1.82) is 0 Å². The highest BCUT2D eigenvalue weighted by atomic mass is 32.2. The van der Waals surface area contributed by atoms with Gasteiger partial charge in [0.1, 0.15) is 0 Å². The van der Waals surface area contributed by atoms with Gasteiger partial charge in [0.15, 0.2) is 10.1 Å². The molecule has 2 rings (SSSR count). The Morgan fingerprint density at radius 3 is 2.84 bits per heavy atom. The fraction of sp³-hybridized carbons (Fsp3) is 0.0909. The van der Waals surface area contributed by atoms with E-state index in [2.05, 4.69) is 4.98 Å². The highest BCUT2D eigenvalue weighted by Crippen LogP contribution is 2.34. The van der Waals surface area contributed by atoms with E-state index in [1.165, 1.54) is 24.4 Å². The van der Waals surface area contributed by atoms with Crippen LogP contribution in [0.25, 0.3) is 0 Å². The van der Waals surface area contributed by atoms with E-state index >= 15 is 0 Å². The van der Waals surface area contributed by atoms with Crippen LogP contribution in [0.2, 0.25) is 0 Å². The van der Waals surface area contributed by atoms with Crippen molar-refractivity contribution in [2.75, 3.05) is 0 Å². The van der Waals surface area contributed by atoms with E-state index in [1.807, 2.05) is 0 Å². The van der Waals surface area contributed by atoms with Gasteiger partial charge in [0.2, 0.25) is 5.76 Å². The van der Waals surface area contributed by atoms with Crippen LogP contribution in [0.1, 0.15) is 16.1 Å². The third-order valence-electron chi connectivity index (χ3n) is 2.16. The number of pyridine rings is 1. The molecule has 0 aliphatic heterocycles. The largest absolute Gasteiger partial charge is 0.475 e. The summed E-state index contributed by atoms with van der Waals surface area (Å²) >= 11 is 0.907. The zero-order valence-corrected chi connectivity index (χ0v) is 10.5. The van der Waals surface area contributed by atoms with Crippen molar-refractivity contribution >= 4 is 23.4 Å². The number of carbonyl (C=O) groups is 1. The normalized spacial score (nSPS) is 10.4. The van der Waals surface area contributed by atoms with Crippen LogP contribution in [0.3, 0.4) is 0 Å². The molecule has 0 aromatic carbocycles. The third kappa shape index (κ3) is 2.91. The van der Waals surface area contributed by atoms with Crippen LogP contribution in [0.15, 0.2) is 38.9 Å². The smallest absolute Gasteiger partial charge is 0.371 e. The first kappa shape index (κ1) is 13.1. The minimum absolute atomic E-state index is 0.140. The first-order valence-electron chi connectivity index (χ1n) is 5.09. The first-order valence-corrected chi connectivity index (χ1v) is 5.91. The molecular formula is C11H8N2O5S. The van der Waals surface area contributed by atoms with E-state index in [0.29, 0.717) is 5.56 Å². The molecule has 0 amide bonds. The standard InChI is InChI=1S/C11H8N2O5S/c1-6-4-7(13(16)17)10(12-5-6)19-9-3-2-8(18-9)11(14)15/h2-5H,1H3,(H,14,15). The predicted molar refractivity (Wildman–Crippen MR) is 65.4 cm³/mol. The lowest BCUT2D eigenvalue weighted by atomic mass is 10.3. The Bertz CT molecular complexity index is 652. The van der Waals surface area contributed by atoms with Crippen molar-refractivity contribution in [3.63, 3.8) is 0 Å². The molecule has 7 nitrogen and oxygen atoms in total. The van der Waals surface area contributed by atoms with Crippen LogP contribution < -0.4 is 0 Å². The molecule has 0 saturated carbocycles. The lowest BCUT2D eigenvalue weighted by molar-refractivity contribution is -0.388. The average molecular weight is 280 g/mol. The highest BCUT2D eigenvalue weighted by Gasteiger charge is 2.19. The summed E-state index contributed by atoms with van der Waals surface area (Å²) < 4.78 is 5.01. The number of aromatic carboxylic acids is 1.